The average molecular weight is 315 g/mol. The Morgan fingerprint density at radius 3 is 2.85 bits per heavy atom. The molecule has 0 atom stereocenters. The van der Waals surface area contributed by atoms with Crippen molar-refractivity contribution in [1.29, 1.82) is 0 Å². The van der Waals surface area contributed by atoms with E-state index < -0.39 is 5.97 Å². The highest BCUT2D eigenvalue weighted by atomic mass is 35.5. The van der Waals surface area contributed by atoms with Crippen LogP contribution in [0.5, 0.6) is 0 Å². The number of aromatic nitrogens is 3. The van der Waals surface area contributed by atoms with Gasteiger partial charge in [-0.2, -0.15) is 0 Å². The van der Waals surface area contributed by atoms with Crippen molar-refractivity contribution in [3.8, 4) is 0 Å². The van der Waals surface area contributed by atoms with Crippen molar-refractivity contribution in [3.63, 3.8) is 0 Å². The second kappa shape index (κ2) is 6.11. The molecule has 0 fully saturated rings. The van der Waals surface area contributed by atoms with Crippen LogP contribution in [0.15, 0.2) is 18.2 Å². The molecule has 0 aliphatic carbocycles. The number of esters is 1. The van der Waals surface area contributed by atoms with Gasteiger partial charge in [0.1, 0.15) is 0 Å². The average Bonchev–Trinajstić information content (AvgIpc) is 2.75. The number of carbonyl (C=O) groups is 1. The highest BCUT2D eigenvalue weighted by Gasteiger charge is 2.19. The first kappa shape index (κ1) is 14.6. The normalized spacial score (nSPS) is 10.6. The summed E-state index contributed by atoms with van der Waals surface area (Å²) in [5, 5.41) is 8.58. The maximum absolute atomic E-state index is 11.6. The van der Waals surface area contributed by atoms with Crippen molar-refractivity contribution in [1.82, 2.24) is 15.0 Å². The molecule has 20 heavy (non-hydrogen) atoms. The third-order valence-electron chi connectivity index (χ3n) is 2.58. The molecule has 2 aromatic rings. The highest BCUT2D eigenvalue weighted by molar-refractivity contribution is 6.35. The molecular formula is C12H12Cl2N4O2. The first-order chi connectivity index (χ1) is 9.52. The number of anilines is 1. The molecule has 1 aromatic heterocycles. The van der Waals surface area contributed by atoms with Gasteiger partial charge in [-0.15, -0.1) is 5.10 Å². The van der Waals surface area contributed by atoms with E-state index in [1.165, 1.54) is 4.68 Å². The van der Waals surface area contributed by atoms with E-state index in [0.717, 1.165) is 5.56 Å². The smallest absolute Gasteiger partial charge is 0.362 e. The minimum atomic E-state index is -0.599. The fourth-order valence-electron chi connectivity index (χ4n) is 1.59. The van der Waals surface area contributed by atoms with E-state index in [0.29, 0.717) is 10.0 Å². The third-order valence-corrected chi connectivity index (χ3v) is 3.16. The van der Waals surface area contributed by atoms with Crippen molar-refractivity contribution >= 4 is 35.0 Å². The first-order valence-corrected chi connectivity index (χ1v) is 6.58. The van der Waals surface area contributed by atoms with Crippen LogP contribution >= 0.6 is 23.2 Å². The lowest BCUT2D eigenvalue weighted by atomic mass is 10.2. The topological polar surface area (TPSA) is 83.0 Å². The molecule has 0 bridgehead atoms. The van der Waals surface area contributed by atoms with E-state index in [-0.39, 0.29) is 24.7 Å². The van der Waals surface area contributed by atoms with Crippen molar-refractivity contribution < 1.29 is 9.53 Å². The van der Waals surface area contributed by atoms with Crippen LogP contribution in [0.25, 0.3) is 0 Å². The standard InChI is InChI=1S/C12H12Cl2N4O2/c1-2-20-12(19)10-11(15)18(17-16-10)6-7-3-4-8(13)5-9(7)14/h3-5H,2,6,15H2,1H3. The lowest BCUT2D eigenvalue weighted by molar-refractivity contribution is 0.0520. The zero-order valence-corrected chi connectivity index (χ0v) is 12.1. The SMILES string of the molecule is CCOC(=O)c1nnn(Cc2ccc(Cl)cc2Cl)c1N. The van der Waals surface area contributed by atoms with Gasteiger partial charge in [-0.05, 0) is 24.6 Å². The Bertz CT molecular complexity index is 642. The Morgan fingerprint density at radius 1 is 1.45 bits per heavy atom. The number of rotatable bonds is 4. The van der Waals surface area contributed by atoms with Crippen LogP contribution in [-0.2, 0) is 11.3 Å². The van der Waals surface area contributed by atoms with Gasteiger partial charge in [0, 0.05) is 10.0 Å². The van der Waals surface area contributed by atoms with Gasteiger partial charge in [-0.3, -0.25) is 0 Å². The van der Waals surface area contributed by atoms with Gasteiger partial charge in [-0.25, -0.2) is 9.48 Å². The summed E-state index contributed by atoms with van der Waals surface area (Å²) in [6, 6.07) is 5.09. The molecular weight excluding hydrogens is 303 g/mol. The van der Waals surface area contributed by atoms with E-state index in [4.69, 9.17) is 33.7 Å². The largest absolute Gasteiger partial charge is 0.461 e. The fourth-order valence-corrected chi connectivity index (χ4v) is 2.06. The molecule has 0 unspecified atom stereocenters. The Labute approximate surface area is 125 Å². The second-order valence-electron chi connectivity index (χ2n) is 3.94. The summed E-state index contributed by atoms with van der Waals surface area (Å²) in [7, 11) is 0. The highest BCUT2D eigenvalue weighted by Crippen LogP contribution is 2.22. The van der Waals surface area contributed by atoms with Crippen LogP contribution in [0, 0.1) is 0 Å². The molecule has 8 heteroatoms. The van der Waals surface area contributed by atoms with Gasteiger partial charge in [-0.1, -0.05) is 34.5 Å². The van der Waals surface area contributed by atoms with Gasteiger partial charge in [0.25, 0.3) is 0 Å². The predicted molar refractivity (Wildman–Crippen MR) is 76.0 cm³/mol. The van der Waals surface area contributed by atoms with E-state index in [1.54, 1.807) is 25.1 Å². The zero-order chi connectivity index (χ0) is 14.7. The summed E-state index contributed by atoms with van der Waals surface area (Å²) in [5.41, 5.74) is 6.59. The lowest BCUT2D eigenvalue weighted by Gasteiger charge is -2.06. The van der Waals surface area contributed by atoms with Crippen LogP contribution in [-0.4, -0.2) is 27.6 Å². The molecule has 1 aromatic carbocycles. The van der Waals surface area contributed by atoms with Gasteiger partial charge < -0.3 is 10.5 Å². The molecule has 0 amide bonds. The zero-order valence-electron chi connectivity index (χ0n) is 10.6. The quantitative estimate of drug-likeness (QED) is 0.876. The maximum Gasteiger partial charge on any atom is 0.362 e. The Morgan fingerprint density at radius 2 is 2.20 bits per heavy atom. The molecule has 0 saturated heterocycles. The first-order valence-electron chi connectivity index (χ1n) is 5.83. The van der Waals surface area contributed by atoms with Crippen LogP contribution in [0.3, 0.4) is 0 Å². The molecule has 0 aliphatic heterocycles. The number of benzene rings is 1. The van der Waals surface area contributed by atoms with Crippen LogP contribution in [0.4, 0.5) is 5.82 Å². The van der Waals surface area contributed by atoms with E-state index in [9.17, 15) is 4.79 Å². The Hall–Kier alpha value is -1.79. The maximum atomic E-state index is 11.6. The van der Waals surface area contributed by atoms with Crippen molar-refractivity contribution in [2.24, 2.45) is 0 Å². The molecule has 2 N–H and O–H groups in total. The number of nitrogens with zero attached hydrogens (tertiary/aromatic N) is 3. The molecule has 0 saturated carbocycles. The number of hydrogen-bond acceptors (Lipinski definition) is 5. The minimum absolute atomic E-state index is 0.00284. The van der Waals surface area contributed by atoms with Crippen LogP contribution in [0.2, 0.25) is 10.0 Å². The summed E-state index contributed by atoms with van der Waals surface area (Å²) in [5.74, 6) is -0.465. The van der Waals surface area contributed by atoms with Crippen molar-refractivity contribution in [2.75, 3.05) is 12.3 Å². The molecule has 0 radical (unpaired) electrons. The molecule has 6 nitrogen and oxygen atoms in total. The van der Waals surface area contributed by atoms with Crippen LogP contribution < -0.4 is 5.73 Å². The van der Waals surface area contributed by atoms with Gasteiger partial charge in [0.15, 0.2) is 5.82 Å². The number of nitrogen functional groups attached to an aromatic ring is 1. The number of nitrogens with two attached hydrogens (primary N) is 1. The summed E-state index contributed by atoms with van der Waals surface area (Å²) in [6.07, 6.45) is 0. The number of carbonyl (C=O) groups excluding carboxylic acids is 1. The summed E-state index contributed by atoms with van der Waals surface area (Å²) in [6.45, 7) is 2.23. The van der Waals surface area contributed by atoms with Crippen molar-refractivity contribution in [2.45, 2.75) is 13.5 Å². The van der Waals surface area contributed by atoms with E-state index >= 15 is 0 Å². The molecule has 2 rings (SSSR count). The van der Waals surface area contributed by atoms with Gasteiger partial charge >= 0.3 is 5.97 Å². The Balaban J connectivity index is 2.24. The molecule has 0 aliphatic rings. The lowest BCUT2D eigenvalue weighted by Crippen LogP contribution is -2.11. The van der Waals surface area contributed by atoms with Gasteiger partial charge in [0.2, 0.25) is 5.69 Å². The predicted octanol–water partition coefficient (Wildman–Crippen LogP) is 2.39. The summed E-state index contributed by atoms with van der Waals surface area (Å²) < 4.78 is 6.21. The summed E-state index contributed by atoms with van der Waals surface area (Å²) >= 11 is 11.9. The molecule has 1 heterocycles. The molecule has 106 valence electrons. The fraction of sp³-hybridized carbons (Fsp3) is 0.250. The Kier molecular flexibility index (Phi) is 4.46. The number of halogens is 2. The minimum Gasteiger partial charge on any atom is -0.461 e. The van der Waals surface area contributed by atoms with E-state index in [2.05, 4.69) is 10.3 Å². The van der Waals surface area contributed by atoms with Gasteiger partial charge in [0.05, 0.1) is 13.2 Å². The summed E-state index contributed by atoms with van der Waals surface area (Å²) in [4.78, 5) is 11.6. The second-order valence-corrected chi connectivity index (χ2v) is 4.78. The molecule has 0 spiro atoms. The van der Waals surface area contributed by atoms with Crippen molar-refractivity contribution in [3.05, 3.63) is 39.5 Å². The number of ether oxygens (including phenoxy) is 1. The monoisotopic (exact) mass is 314 g/mol. The van der Waals surface area contributed by atoms with Crippen LogP contribution in [0.1, 0.15) is 23.0 Å². The van der Waals surface area contributed by atoms with E-state index in [1.807, 2.05) is 0 Å². The third kappa shape index (κ3) is 3.02. The number of hydrogen-bond donors (Lipinski definition) is 1.